The van der Waals surface area contributed by atoms with Gasteiger partial charge in [0.15, 0.2) is 5.82 Å². The van der Waals surface area contributed by atoms with Gasteiger partial charge in [0.05, 0.1) is 12.6 Å². The van der Waals surface area contributed by atoms with Crippen molar-refractivity contribution in [3.63, 3.8) is 0 Å². The summed E-state index contributed by atoms with van der Waals surface area (Å²) in [6.07, 6.45) is 0. The fourth-order valence-electron chi connectivity index (χ4n) is 3.23. The van der Waals surface area contributed by atoms with Gasteiger partial charge in [-0.3, -0.25) is 9.48 Å². The highest BCUT2D eigenvalue weighted by atomic mass is 16.5. The number of ether oxygens (including phenoxy) is 1. The largest absolute Gasteiger partial charge is 0.493 e. The molecule has 2 aromatic rings. The molecule has 120 valence electrons. The van der Waals surface area contributed by atoms with Gasteiger partial charge in [-0.25, -0.2) is 10.9 Å². The van der Waals surface area contributed by atoms with Crippen molar-refractivity contribution in [3.8, 4) is 5.75 Å². The van der Waals surface area contributed by atoms with Crippen LogP contribution in [0.15, 0.2) is 30.3 Å². The molecule has 0 saturated carbocycles. The first-order valence-electron chi connectivity index (χ1n) is 7.68. The van der Waals surface area contributed by atoms with E-state index < -0.39 is 0 Å². The summed E-state index contributed by atoms with van der Waals surface area (Å²) in [4.78, 5) is 12.6. The molecule has 0 aliphatic carbocycles. The Morgan fingerprint density at radius 1 is 1.39 bits per heavy atom. The number of fused-ring (bicyclic) bond motifs is 3. The number of nitrogens with one attached hydrogen (secondary N) is 3. The Morgan fingerprint density at radius 2 is 2.22 bits per heavy atom. The van der Waals surface area contributed by atoms with Gasteiger partial charge in [0.1, 0.15) is 11.8 Å². The summed E-state index contributed by atoms with van der Waals surface area (Å²) >= 11 is 0. The zero-order valence-corrected chi connectivity index (χ0v) is 13.0. The molecule has 1 aromatic carbocycles. The number of hydrogen-bond donors (Lipinski definition) is 3. The van der Waals surface area contributed by atoms with Gasteiger partial charge in [-0.2, -0.15) is 5.10 Å². The van der Waals surface area contributed by atoms with Gasteiger partial charge in [0, 0.05) is 30.3 Å². The van der Waals surface area contributed by atoms with Gasteiger partial charge >= 0.3 is 0 Å². The molecular weight excluding hydrogens is 294 g/mol. The number of para-hydroxylation sites is 1. The molecule has 3 unspecified atom stereocenters. The molecule has 0 radical (unpaired) electrons. The zero-order chi connectivity index (χ0) is 16.0. The molecule has 1 fully saturated rings. The number of carbonyl (C=O) groups is 1. The van der Waals surface area contributed by atoms with E-state index in [1.165, 1.54) is 0 Å². The Labute approximate surface area is 134 Å². The fraction of sp³-hybridized carbons (Fsp3) is 0.375. The first-order valence-corrected chi connectivity index (χ1v) is 7.68. The smallest absolute Gasteiger partial charge is 0.244 e. The molecule has 23 heavy (non-hydrogen) atoms. The van der Waals surface area contributed by atoms with Gasteiger partial charge in [0.2, 0.25) is 5.91 Å². The molecule has 1 amide bonds. The number of aromatic nitrogens is 2. The normalized spacial score (nSPS) is 25.4. The summed E-state index contributed by atoms with van der Waals surface area (Å²) in [5.41, 5.74) is 8.41. The molecule has 7 heteroatoms. The third-order valence-electron chi connectivity index (χ3n) is 4.58. The zero-order valence-electron chi connectivity index (χ0n) is 13.0. The quantitative estimate of drug-likeness (QED) is 0.767. The van der Waals surface area contributed by atoms with Crippen molar-refractivity contribution in [2.45, 2.75) is 19.0 Å². The second-order valence-corrected chi connectivity index (χ2v) is 6.04. The second kappa shape index (κ2) is 5.36. The van der Waals surface area contributed by atoms with Gasteiger partial charge in [-0.1, -0.05) is 18.2 Å². The number of amides is 1. The average molecular weight is 313 g/mol. The SMILES string of the molecule is Cc1cc(NC(=O)C2NNC3c4ccccc4OCC23)nn1C. The van der Waals surface area contributed by atoms with Crippen molar-refractivity contribution in [1.29, 1.82) is 0 Å². The summed E-state index contributed by atoms with van der Waals surface area (Å²) in [7, 11) is 1.85. The second-order valence-electron chi connectivity index (χ2n) is 6.04. The van der Waals surface area contributed by atoms with E-state index in [-0.39, 0.29) is 23.9 Å². The van der Waals surface area contributed by atoms with Crippen LogP contribution in [0.4, 0.5) is 5.82 Å². The number of benzene rings is 1. The third-order valence-corrected chi connectivity index (χ3v) is 4.58. The highest BCUT2D eigenvalue weighted by Gasteiger charge is 2.44. The van der Waals surface area contributed by atoms with E-state index >= 15 is 0 Å². The number of anilines is 1. The lowest BCUT2D eigenvalue weighted by atomic mass is 9.87. The van der Waals surface area contributed by atoms with Crippen LogP contribution in [0.2, 0.25) is 0 Å². The Hall–Kier alpha value is -2.38. The van der Waals surface area contributed by atoms with Gasteiger partial charge in [-0.15, -0.1) is 0 Å². The van der Waals surface area contributed by atoms with Gasteiger partial charge in [-0.05, 0) is 13.0 Å². The van der Waals surface area contributed by atoms with Gasteiger partial charge < -0.3 is 10.1 Å². The van der Waals surface area contributed by atoms with Crippen LogP contribution < -0.4 is 20.9 Å². The molecule has 4 rings (SSSR count). The minimum absolute atomic E-state index is 0.0368. The molecule has 3 N–H and O–H groups in total. The van der Waals surface area contributed by atoms with E-state index in [4.69, 9.17) is 4.74 Å². The number of carbonyl (C=O) groups excluding carboxylic acids is 1. The van der Waals surface area contributed by atoms with E-state index in [2.05, 4.69) is 21.3 Å². The van der Waals surface area contributed by atoms with Crippen molar-refractivity contribution >= 4 is 11.7 Å². The van der Waals surface area contributed by atoms with Crippen molar-refractivity contribution in [3.05, 3.63) is 41.6 Å². The number of aryl methyl sites for hydroxylation is 2. The molecule has 3 heterocycles. The molecule has 3 atom stereocenters. The Morgan fingerprint density at radius 3 is 3.00 bits per heavy atom. The lowest BCUT2D eigenvalue weighted by Crippen LogP contribution is -2.43. The van der Waals surface area contributed by atoms with Crippen LogP contribution in [0.3, 0.4) is 0 Å². The van der Waals surface area contributed by atoms with Crippen molar-refractivity contribution in [2.75, 3.05) is 11.9 Å². The van der Waals surface area contributed by atoms with E-state index in [1.54, 1.807) is 4.68 Å². The molecule has 1 aromatic heterocycles. The highest BCUT2D eigenvalue weighted by molar-refractivity contribution is 5.94. The summed E-state index contributed by atoms with van der Waals surface area (Å²) in [5.74, 6) is 1.38. The molecule has 2 aliphatic heterocycles. The van der Waals surface area contributed by atoms with Crippen molar-refractivity contribution in [2.24, 2.45) is 13.0 Å². The summed E-state index contributed by atoms with van der Waals surface area (Å²) in [6, 6.07) is 9.48. The lowest BCUT2D eigenvalue weighted by Gasteiger charge is -2.29. The first-order chi connectivity index (χ1) is 11.1. The monoisotopic (exact) mass is 313 g/mol. The number of hydrogen-bond acceptors (Lipinski definition) is 5. The van der Waals surface area contributed by atoms with Crippen LogP contribution in [0.5, 0.6) is 5.75 Å². The lowest BCUT2D eigenvalue weighted by molar-refractivity contribution is -0.119. The molecule has 0 bridgehead atoms. The standard InChI is InChI=1S/C16H19N5O2/c1-9-7-13(20-21(9)2)17-16(22)15-11-8-23-12-6-4-3-5-10(12)14(11)18-19-15/h3-7,11,14-15,18-19H,8H2,1-2H3,(H,17,20,22). The topological polar surface area (TPSA) is 80.2 Å². The maximum absolute atomic E-state index is 12.6. The molecule has 0 spiro atoms. The van der Waals surface area contributed by atoms with Crippen LogP contribution >= 0.6 is 0 Å². The predicted molar refractivity (Wildman–Crippen MR) is 84.8 cm³/mol. The third kappa shape index (κ3) is 2.38. The van der Waals surface area contributed by atoms with E-state index in [1.807, 2.05) is 44.3 Å². The number of nitrogens with zero attached hydrogens (tertiary/aromatic N) is 2. The van der Waals surface area contributed by atoms with Crippen LogP contribution in [0.1, 0.15) is 17.3 Å². The average Bonchev–Trinajstić information content (AvgIpc) is 3.11. The van der Waals surface area contributed by atoms with Gasteiger partial charge in [0.25, 0.3) is 0 Å². The predicted octanol–water partition coefficient (Wildman–Crippen LogP) is 0.893. The van der Waals surface area contributed by atoms with Crippen LogP contribution in [-0.2, 0) is 11.8 Å². The fourth-order valence-corrected chi connectivity index (χ4v) is 3.23. The first kappa shape index (κ1) is 14.2. The summed E-state index contributed by atoms with van der Waals surface area (Å²) in [5, 5.41) is 7.14. The molecule has 1 saturated heterocycles. The van der Waals surface area contributed by atoms with Crippen molar-refractivity contribution in [1.82, 2.24) is 20.6 Å². The van der Waals surface area contributed by atoms with Crippen LogP contribution in [0, 0.1) is 12.8 Å². The highest BCUT2D eigenvalue weighted by Crippen LogP contribution is 2.38. The Bertz CT molecular complexity index is 737. The maximum atomic E-state index is 12.6. The van der Waals surface area contributed by atoms with Crippen LogP contribution in [0.25, 0.3) is 0 Å². The van der Waals surface area contributed by atoms with Crippen molar-refractivity contribution < 1.29 is 9.53 Å². The van der Waals surface area contributed by atoms with E-state index in [9.17, 15) is 4.79 Å². The Kier molecular flexibility index (Phi) is 3.32. The van der Waals surface area contributed by atoms with E-state index in [0.29, 0.717) is 12.4 Å². The van der Waals surface area contributed by atoms with Crippen LogP contribution in [-0.4, -0.2) is 28.3 Å². The summed E-state index contributed by atoms with van der Waals surface area (Å²) < 4.78 is 7.55. The Balaban J connectivity index is 1.52. The molecular formula is C16H19N5O2. The number of hydrazine groups is 1. The molecule has 7 nitrogen and oxygen atoms in total. The summed E-state index contributed by atoms with van der Waals surface area (Å²) in [6.45, 7) is 2.45. The van der Waals surface area contributed by atoms with E-state index in [0.717, 1.165) is 17.0 Å². The number of rotatable bonds is 2. The molecule has 2 aliphatic rings. The maximum Gasteiger partial charge on any atom is 0.244 e. The minimum atomic E-state index is -0.365. The minimum Gasteiger partial charge on any atom is -0.493 e.